The van der Waals surface area contributed by atoms with E-state index in [0.717, 1.165) is 17.8 Å². The van der Waals surface area contributed by atoms with Crippen molar-refractivity contribution < 1.29 is 14.0 Å². The number of hydrogen-bond acceptors (Lipinski definition) is 6. The van der Waals surface area contributed by atoms with E-state index in [1.807, 2.05) is 32.3 Å². The molecule has 0 aliphatic heterocycles. The van der Waals surface area contributed by atoms with Crippen molar-refractivity contribution in [1.29, 1.82) is 0 Å². The Kier molecular flexibility index (Phi) is 8.37. The fourth-order valence-electron chi connectivity index (χ4n) is 2.37. The third-order valence-electron chi connectivity index (χ3n) is 3.60. The first-order valence-electron chi connectivity index (χ1n) is 8.48. The fraction of sp³-hybridized carbons (Fsp3) is 0.421. The summed E-state index contributed by atoms with van der Waals surface area (Å²) < 4.78 is 4.97. The quantitative estimate of drug-likeness (QED) is 0.649. The molecular weight excluding hydrogens is 350 g/mol. The maximum atomic E-state index is 12.0. The highest BCUT2D eigenvalue weighted by Gasteiger charge is 2.08. The van der Waals surface area contributed by atoms with Crippen LogP contribution in [-0.4, -0.2) is 48.0 Å². The van der Waals surface area contributed by atoms with Crippen LogP contribution in [0.25, 0.3) is 0 Å². The van der Waals surface area contributed by atoms with Gasteiger partial charge in [-0.25, -0.2) is 0 Å². The third-order valence-corrected chi connectivity index (χ3v) is 4.61. The molecule has 0 bridgehead atoms. The molecule has 0 atom stereocenters. The highest BCUT2D eigenvalue weighted by Crippen LogP contribution is 2.11. The van der Waals surface area contributed by atoms with E-state index in [2.05, 4.69) is 15.2 Å². The minimum Gasteiger partial charge on any atom is -0.472 e. The van der Waals surface area contributed by atoms with Crippen LogP contribution in [0.15, 0.2) is 41.3 Å². The number of carbonyl (C=O) groups is 2. The molecule has 2 aromatic rings. The van der Waals surface area contributed by atoms with Gasteiger partial charge in [0.05, 0.1) is 24.8 Å². The van der Waals surface area contributed by atoms with Crippen molar-refractivity contribution in [3.63, 3.8) is 0 Å². The molecule has 0 saturated carbocycles. The van der Waals surface area contributed by atoms with Gasteiger partial charge in [-0.05, 0) is 44.3 Å². The lowest BCUT2D eigenvalue weighted by Crippen LogP contribution is -2.31. The van der Waals surface area contributed by atoms with E-state index in [0.29, 0.717) is 24.3 Å². The van der Waals surface area contributed by atoms with Crippen molar-refractivity contribution >= 4 is 23.5 Å². The van der Waals surface area contributed by atoms with E-state index in [9.17, 15) is 9.59 Å². The lowest BCUT2D eigenvalue weighted by molar-refractivity contribution is -0.123. The number of nitrogens with zero attached hydrogens (tertiary/aromatic N) is 2. The number of amides is 1. The lowest BCUT2D eigenvalue weighted by Gasteiger charge is -2.10. The number of Topliss-reactive ketones (excluding diaryl/α,β-unsaturated/α-hetero) is 1. The van der Waals surface area contributed by atoms with Gasteiger partial charge in [-0.3, -0.25) is 14.6 Å². The minimum absolute atomic E-state index is 0.0120. The third kappa shape index (κ3) is 7.84. The van der Waals surface area contributed by atoms with Gasteiger partial charge in [0.25, 0.3) is 0 Å². The van der Waals surface area contributed by atoms with Gasteiger partial charge in [0.2, 0.25) is 5.91 Å². The van der Waals surface area contributed by atoms with Crippen LogP contribution in [0.3, 0.4) is 0 Å². The summed E-state index contributed by atoms with van der Waals surface area (Å²) in [6.45, 7) is 0.915. The highest BCUT2D eigenvalue weighted by atomic mass is 32.2. The van der Waals surface area contributed by atoms with Crippen molar-refractivity contribution in [3.8, 4) is 0 Å². The van der Waals surface area contributed by atoms with Crippen LogP contribution >= 0.6 is 11.8 Å². The summed E-state index contributed by atoms with van der Waals surface area (Å²) in [6, 6.07) is 5.88. The van der Waals surface area contributed by atoms with Crippen molar-refractivity contribution in [2.45, 2.75) is 25.1 Å². The summed E-state index contributed by atoms with van der Waals surface area (Å²) in [4.78, 5) is 30.1. The second kappa shape index (κ2) is 10.8. The summed E-state index contributed by atoms with van der Waals surface area (Å²) in [5.74, 6) is 0.926. The van der Waals surface area contributed by atoms with Crippen LogP contribution in [0, 0.1) is 0 Å². The van der Waals surface area contributed by atoms with Gasteiger partial charge >= 0.3 is 0 Å². The molecule has 0 radical (unpaired) electrons. The van der Waals surface area contributed by atoms with Gasteiger partial charge in [-0.2, -0.15) is 0 Å². The zero-order valence-corrected chi connectivity index (χ0v) is 16.1. The van der Waals surface area contributed by atoms with Crippen molar-refractivity contribution in [2.75, 3.05) is 26.4 Å². The minimum atomic E-state index is -0.127. The Hall–Kier alpha value is -2.12. The van der Waals surface area contributed by atoms with E-state index in [1.54, 1.807) is 18.7 Å². The van der Waals surface area contributed by atoms with Crippen LogP contribution in [-0.2, 0) is 28.3 Å². The maximum absolute atomic E-state index is 12.0. The van der Waals surface area contributed by atoms with Crippen molar-refractivity contribution in [2.24, 2.45) is 0 Å². The van der Waals surface area contributed by atoms with Gasteiger partial charge in [0.1, 0.15) is 0 Å². The van der Waals surface area contributed by atoms with Gasteiger partial charge in [0, 0.05) is 36.2 Å². The number of pyridine rings is 1. The number of aromatic nitrogens is 1. The molecule has 1 N–H and O–H groups in total. The molecule has 2 rings (SSSR count). The first kappa shape index (κ1) is 20.2. The zero-order valence-electron chi connectivity index (χ0n) is 15.2. The number of furan rings is 1. The molecule has 6 nitrogen and oxygen atoms in total. The summed E-state index contributed by atoms with van der Waals surface area (Å²) in [5, 5.41) is 2.68. The predicted octanol–water partition coefficient (Wildman–Crippen LogP) is 2.29. The Morgan fingerprint density at radius 1 is 1.27 bits per heavy atom. The smallest absolute Gasteiger partial charge is 0.230 e. The molecule has 0 spiro atoms. The average Bonchev–Trinajstić information content (AvgIpc) is 3.11. The molecule has 0 saturated heterocycles. The SMILES string of the molecule is CN(C)Cc1ccnc(CCC(=O)CNC(=O)CSCc2ccoc2)c1. The topological polar surface area (TPSA) is 75.4 Å². The maximum Gasteiger partial charge on any atom is 0.230 e. The molecule has 2 aromatic heterocycles. The van der Waals surface area contributed by atoms with E-state index >= 15 is 0 Å². The van der Waals surface area contributed by atoms with Crippen LogP contribution in [0.1, 0.15) is 23.2 Å². The summed E-state index contributed by atoms with van der Waals surface area (Å²) in [7, 11) is 4.03. The number of thioether (sulfide) groups is 1. The fourth-order valence-corrected chi connectivity index (χ4v) is 3.16. The number of rotatable bonds is 11. The monoisotopic (exact) mass is 375 g/mol. The Bertz CT molecular complexity index is 702. The molecule has 26 heavy (non-hydrogen) atoms. The highest BCUT2D eigenvalue weighted by molar-refractivity contribution is 7.99. The van der Waals surface area contributed by atoms with E-state index in [-0.39, 0.29) is 18.2 Å². The molecule has 7 heteroatoms. The molecule has 2 heterocycles. The van der Waals surface area contributed by atoms with E-state index < -0.39 is 0 Å². The number of hydrogen-bond donors (Lipinski definition) is 1. The largest absolute Gasteiger partial charge is 0.472 e. The normalized spacial score (nSPS) is 10.9. The number of nitrogens with one attached hydrogen (secondary N) is 1. The predicted molar refractivity (Wildman–Crippen MR) is 103 cm³/mol. The zero-order chi connectivity index (χ0) is 18.8. The van der Waals surface area contributed by atoms with Gasteiger partial charge in [-0.15, -0.1) is 11.8 Å². The summed E-state index contributed by atoms with van der Waals surface area (Å²) in [5.41, 5.74) is 3.12. The molecule has 0 fully saturated rings. The molecule has 140 valence electrons. The molecule has 0 aliphatic carbocycles. The summed E-state index contributed by atoms with van der Waals surface area (Å²) in [6.07, 6.45) is 6.01. The first-order chi connectivity index (χ1) is 12.5. The van der Waals surface area contributed by atoms with Gasteiger partial charge in [-0.1, -0.05) is 0 Å². The molecule has 0 aliphatic rings. The van der Waals surface area contributed by atoms with E-state index in [4.69, 9.17) is 4.42 Å². The number of aryl methyl sites for hydroxylation is 1. The first-order valence-corrected chi connectivity index (χ1v) is 9.64. The van der Waals surface area contributed by atoms with E-state index in [1.165, 1.54) is 17.3 Å². The Balaban J connectivity index is 1.63. The van der Waals surface area contributed by atoms with Crippen LogP contribution in [0.2, 0.25) is 0 Å². The Labute approximate surface area is 158 Å². The number of ketones is 1. The van der Waals surface area contributed by atoms with Crippen LogP contribution in [0.4, 0.5) is 0 Å². The van der Waals surface area contributed by atoms with Gasteiger partial charge in [0.15, 0.2) is 5.78 Å². The molecular formula is C19H25N3O3S. The molecule has 1 amide bonds. The Morgan fingerprint density at radius 3 is 2.85 bits per heavy atom. The summed E-state index contributed by atoms with van der Waals surface area (Å²) >= 11 is 1.49. The van der Waals surface area contributed by atoms with Crippen molar-refractivity contribution in [1.82, 2.24) is 15.2 Å². The lowest BCUT2D eigenvalue weighted by atomic mass is 10.1. The second-order valence-electron chi connectivity index (χ2n) is 6.33. The standard InChI is InChI=1S/C19H25N3O3S/c1-22(2)11-15-5-7-20-17(9-15)3-4-18(23)10-21-19(24)14-26-13-16-6-8-25-12-16/h5-9,12H,3-4,10-11,13-14H2,1-2H3,(H,21,24). The van der Waals surface area contributed by atoms with Crippen LogP contribution < -0.4 is 5.32 Å². The molecule has 0 unspecified atom stereocenters. The van der Waals surface area contributed by atoms with Crippen LogP contribution in [0.5, 0.6) is 0 Å². The van der Waals surface area contributed by atoms with Crippen molar-refractivity contribution in [3.05, 3.63) is 53.7 Å². The number of carbonyl (C=O) groups excluding carboxylic acids is 2. The molecule has 0 aromatic carbocycles. The Morgan fingerprint density at radius 2 is 2.12 bits per heavy atom. The van der Waals surface area contributed by atoms with Gasteiger partial charge < -0.3 is 14.6 Å². The average molecular weight is 375 g/mol. The second-order valence-corrected chi connectivity index (χ2v) is 7.32.